The fraction of sp³-hybridized carbons (Fsp3) is 0.188. The van der Waals surface area contributed by atoms with Gasteiger partial charge in [-0.3, -0.25) is 19.9 Å². The Labute approximate surface area is 132 Å². The lowest BCUT2D eigenvalue weighted by molar-refractivity contribution is 0.315. The van der Waals surface area contributed by atoms with Crippen molar-refractivity contribution in [3.05, 3.63) is 64.8 Å². The first kappa shape index (κ1) is 14.1. The summed E-state index contributed by atoms with van der Waals surface area (Å²) < 4.78 is 1.07. The molecule has 0 bridgehead atoms. The van der Waals surface area contributed by atoms with Gasteiger partial charge < -0.3 is 0 Å². The van der Waals surface area contributed by atoms with Crippen LogP contribution in [0.4, 0.5) is 0 Å². The van der Waals surface area contributed by atoms with E-state index in [4.69, 9.17) is 0 Å². The maximum atomic E-state index is 4.51. The monoisotopic (exact) mass is 342 g/mol. The lowest BCUT2D eigenvalue weighted by Gasteiger charge is -2.17. The molecule has 0 saturated heterocycles. The van der Waals surface area contributed by atoms with E-state index in [1.54, 1.807) is 18.6 Å². The van der Waals surface area contributed by atoms with Gasteiger partial charge >= 0.3 is 0 Å². The zero-order valence-electron chi connectivity index (χ0n) is 11.7. The largest absolute Gasteiger partial charge is 0.296 e. The van der Waals surface area contributed by atoms with Crippen LogP contribution in [0.5, 0.6) is 0 Å². The minimum absolute atomic E-state index is 0.759. The first-order valence-corrected chi connectivity index (χ1v) is 7.48. The molecule has 21 heavy (non-hydrogen) atoms. The van der Waals surface area contributed by atoms with E-state index in [1.807, 2.05) is 12.3 Å². The number of aromatic nitrogens is 3. The molecule has 106 valence electrons. The topological polar surface area (TPSA) is 41.9 Å². The predicted molar refractivity (Wildman–Crippen MR) is 86.6 cm³/mol. The second-order valence-electron chi connectivity index (χ2n) is 5.01. The van der Waals surface area contributed by atoms with E-state index in [1.165, 1.54) is 5.56 Å². The van der Waals surface area contributed by atoms with Gasteiger partial charge in [0.15, 0.2) is 0 Å². The van der Waals surface area contributed by atoms with Gasteiger partial charge in [-0.25, -0.2) is 0 Å². The van der Waals surface area contributed by atoms with Gasteiger partial charge in [0, 0.05) is 47.7 Å². The SMILES string of the molecule is CN(Cc1cnccn1)Cc1cc(Br)cc2cccnc12. The van der Waals surface area contributed by atoms with Crippen LogP contribution in [0.2, 0.25) is 0 Å². The summed E-state index contributed by atoms with van der Waals surface area (Å²) >= 11 is 3.57. The summed E-state index contributed by atoms with van der Waals surface area (Å²) in [6.07, 6.45) is 7.05. The van der Waals surface area contributed by atoms with Crippen LogP contribution in [-0.4, -0.2) is 26.9 Å². The van der Waals surface area contributed by atoms with Gasteiger partial charge in [0.25, 0.3) is 0 Å². The second-order valence-corrected chi connectivity index (χ2v) is 5.92. The van der Waals surface area contributed by atoms with Gasteiger partial charge in [0.1, 0.15) is 0 Å². The third-order valence-electron chi connectivity index (χ3n) is 3.24. The molecule has 0 fully saturated rings. The highest BCUT2D eigenvalue weighted by molar-refractivity contribution is 9.10. The molecule has 0 saturated carbocycles. The third kappa shape index (κ3) is 3.43. The quantitative estimate of drug-likeness (QED) is 0.728. The normalized spacial score (nSPS) is 11.2. The van der Waals surface area contributed by atoms with Crippen molar-refractivity contribution in [3.8, 4) is 0 Å². The van der Waals surface area contributed by atoms with Crippen LogP contribution < -0.4 is 0 Å². The lowest BCUT2D eigenvalue weighted by atomic mass is 10.1. The maximum absolute atomic E-state index is 4.51. The van der Waals surface area contributed by atoms with Gasteiger partial charge in [0.2, 0.25) is 0 Å². The van der Waals surface area contributed by atoms with Crippen LogP contribution in [-0.2, 0) is 13.1 Å². The zero-order chi connectivity index (χ0) is 14.7. The maximum Gasteiger partial charge on any atom is 0.0747 e. The Hall–Kier alpha value is -1.85. The first-order chi connectivity index (χ1) is 10.2. The van der Waals surface area contributed by atoms with Crippen molar-refractivity contribution in [2.75, 3.05) is 7.05 Å². The summed E-state index contributed by atoms with van der Waals surface area (Å²) in [5, 5.41) is 1.15. The van der Waals surface area contributed by atoms with E-state index in [2.05, 4.69) is 61.0 Å². The van der Waals surface area contributed by atoms with Gasteiger partial charge in [-0.05, 0) is 30.8 Å². The molecule has 0 spiro atoms. The first-order valence-electron chi connectivity index (χ1n) is 6.69. The molecule has 0 aliphatic carbocycles. The molecule has 2 aromatic heterocycles. The van der Waals surface area contributed by atoms with Crippen molar-refractivity contribution in [3.63, 3.8) is 0 Å². The number of nitrogens with zero attached hydrogens (tertiary/aromatic N) is 4. The van der Waals surface area contributed by atoms with Gasteiger partial charge in [-0.2, -0.15) is 0 Å². The minimum atomic E-state index is 0.759. The number of halogens is 1. The van der Waals surface area contributed by atoms with Crippen LogP contribution in [0, 0.1) is 0 Å². The zero-order valence-corrected chi connectivity index (χ0v) is 13.3. The highest BCUT2D eigenvalue weighted by Gasteiger charge is 2.08. The van der Waals surface area contributed by atoms with Gasteiger partial charge in [-0.15, -0.1) is 0 Å². The Morgan fingerprint density at radius 2 is 2.00 bits per heavy atom. The second kappa shape index (κ2) is 6.28. The van der Waals surface area contributed by atoms with Crippen molar-refractivity contribution in [1.82, 2.24) is 19.9 Å². The number of pyridine rings is 1. The van der Waals surface area contributed by atoms with Gasteiger partial charge in [0.05, 0.1) is 11.2 Å². The number of hydrogen-bond acceptors (Lipinski definition) is 4. The van der Waals surface area contributed by atoms with E-state index in [-0.39, 0.29) is 0 Å². The fourth-order valence-electron chi connectivity index (χ4n) is 2.38. The van der Waals surface area contributed by atoms with Crippen molar-refractivity contribution < 1.29 is 0 Å². The van der Waals surface area contributed by atoms with Crippen LogP contribution in [0.25, 0.3) is 10.9 Å². The molecule has 4 nitrogen and oxygen atoms in total. The summed E-state index contributed by atoms with van der Waals surface area (Å²) in [6.45, 7) is 1.57. The summed E-state index contributed by atoms with van der Waals surface area (Å²) in [7, 11) is 2.07. The molecule has 0 unspecified atom stereocenters. The molecular formula is C16H15BrN4. The number of rotatable bonds is 4. The molecule has 3 rings (SSSR count). The summed E-state index contributed by atoms with van der Waals surface area (Å²) in [5.41, 5.74) is 3.21. The molecule has 3 aromatic rings. The van der Waals surface area contributed by atoms with E-state index in [9.17, 15) is 0 Å². The van der Waals surface area contributed by atoms with E-state index in [0.29, 0.717) is 0 Å². The van der Waals surface area contributed by atoms with Crippen molar-refractivity contribution in [2.24, 2.45) is 0 Å². The third-order valence-corrected chi connectivity index (χ3v) is 3.70. The van der Waals surface area contributed by atoms with E-state index >= 15 is 0 Å². The van der Waals surface area contributed by atoms with E-state index in [0.717, 1.165) is 34.2 Å². The molecule has 0 aliphatic heterocycles. The molecule has 0 N–H and O–H groups in total. The summed E-state index contributed by atoms with van der Waals surface area (Å²) in [4.78, 5) is 15.1. The van der Waals surface area contributed by atoms with Crippen LogP contribution in [0.3, 0.4) is 0 Å². The van der Waals surface area contributed by atoms with Crippen molar-refractivity contribution in [2.45, 2.75) is 13.1 Å². The highest BCUT2D eigenvalue weighted by Crippen LogP contribution is 2.23. The molecule has 0 aliphatic rings. The lowest BCUT2D eigenvalue weighted by Crippen LogP contribution is -2.18. The number of fused-ring (bicyclic) bond motifs is 1. The molecule has 0 radical (unpaired) electrons. The van der Waals surface area contributed by atoms with Crippen molar-refractivity contribution >= 4 is 26.8 Å². The molecule has 5 heteroatoms. The van der Waals surface area contributed by atoms with Crippen molar-refractivity contribution in [1.29, 1.82) is 0 Å². The van der Waals surface area contributed by atoms with Gasteiger partial charge in [-0.1, -0.05) is 22.0 Å². The van der Waals surface area contributed by atoms with Crippen LogP contribution in [0.15, 0.2) is 53.5 Å². The summed E-state index contributed by atoms with van der Waals surface area (Å²) in [5.74, 6) is 0. The number of benzene rings is 1. The van der Waals surface area contributed by atoms with E-state index < -0.39 is 0 Å². The fourth-order valence-corrected chi connectivity index (χ4v) is 2.91. The Balaban J connectivity index is 1.84. The molecule has 1 aromatic carbocycles. The predicted octanol–water partition coefficient (Wildman–Crippen LogP) is 3.42. The van der Waals surface area contributed by atoms with Crippen LogP contribution in [0.1, 0.15) is 11.3 Å². The average molecular weight is 343 g/mol. The standard InChI is InChI=1S/C16H15BrN4/c1-21(11-15-9-18-5-6-19-15)10-13-8-14(17)7-12-3-2-4-20-16(12)13/h2-9H,10-11H2,1H3. The Kier molecular flexibility index (Phi) is 4.22. The highest BCUT2D eigenvalue weighted by atomic mass is 79.9. The average Bonchev–Trinajstić information content (AvgIpc) is 2.48. The smallest absolute Gasteiger partial charge is 0.0747 e. The minimum Gasteiger partial charge on any atom is -0.296 e. The molecule has 0 amide bonds. The Morgan fingerprint density at radius 3 is 2.81 bits per heavy atom. The molecule has 0 atom stereocenters. The summed E-state index contributed by atoms with van der Waals surface area (Å²) in [6, 6.07) is 8.26. The molecule has 2 heterocycles. The Bertz CT molecular complexity index is 746. The molecular weight excluding hydrogens is 328 g/mol. The van der Waals surface area contributed by atoms with Crippen LogP contribution >= 0.6 is 15.9 Å². The Morgan fingerprint density at radius 1 is 1.10 bits per heavy atom. The number of hydrogen-bond donors (Lipinski definition) is 0.